The van der Waals surface area contributed by atoms with Gasteiger partial charge in [-0.25, -0.2) is 0 Å². The van der Waals surface area contributed by atoms with E-state index in [9.17, 15) is 9.59 Å². The molecule has 1 aromatic heterocycles. The van der Waals surface area contributed by atoms with Gasteiger partial charge in [-0.2, -0.15) is 0 Å². The van der Waals surface area contributed by atoms with Gasteiger partial charge in [-0.05, 0) is 55.0 Å². The van der Waals surface area contributed by atoms with Gasteiger partial charge in [0.1, 0.15) is 5.75 Å². The number of rotatable bonds is 3. The zero-order valence-electron chi connectivity index (χ0n) is 18.8. The van der Waals surface area contributed by atoms with Gasteiger partial charge in [0, 0.05) is 63.4 Å². The number of pyridine rings is 1. The van der Waals surface area contributed by atoms with E-state index in [1.807, 2.05) is 30.6 Å². The highest BCUT2D eigenvalue weighted by Crippen LogP contribution is 2.52. The van der Waals surface area contributed by atoms with Crippen LogP contribution in [0.2, 0.25) is 0 Å². The molecule has 2 amide bonds. The highest BCUT2D eigenvalue weighted by molar-refractivity contribution is 5.98. The van der Waals surface area contributed by atoms with Crippen LogP contribution in [-0.2, 0) is 11.3 Å². The van der Waals surface area contributed by atoms with Crippen molar-refractivity contribution in [2.45, 2.75) is 38.0 Å². The van der Waals surface area contributed by atoms with E-state index in [-0.39, 0.29) is 23.7 Å². The Morgan fingerprint density at radius 3 is 2.64 bits per heavy atom. The molecule has 3 heterocycles. The lowest BCUT2D eigenvalue weighted by Gasteiger charge is -2.55. The molecule has 7 nitrogen and oxygen atoms in total. The van der Waals surface area contributed by atoms with E-state index < -0.39 is 5.72 Å². The molecule has 172 valence electrons. The number of para-hydroxylation sites is 1. The first-order chi connectivity index (χ1) is 16.1. The fourth-order valence-electron chi connectivity index (χ4n) is 6.37. The molecule has 7 heteroatoms. The standard InChI is InChI=1S/C26H30N4O3/c31-24-21-3-1-2-4-23(21)33-26(28-24)16-19-5-6-20(26)15-22(19)25(32)30-13-11-29(12-14-30)17-18-7-9-27-10-8-18/h1-4,7-10,19-20,22H,5-6,11-17H2,(H,28,31). The highest BCUT2D eigenvalue weighted by atomic mass is 16.5. The van der Waals surface area contributed by atoms with Gasteiger partial charge < -0.3 is 15.0 Å². The van der Waals surface area contributed by atoms with Crippen LogP contribution in [0, 0.1) is 17.8 Å². The molecule has 5 aliphatic rings. The molecule has 2 aliphatic heterocycles. The van der Waals surface area contributed by atoms with E-state index in [1.165, 1.54) is 5.56 Å². The molecular formula is C26H30N4O3. The molecule has 7 rings (SSSR count). The third-order valence-electron chi connectivity index (χ3n) is 8.12. The van der Waals surface area contributed by atoms with Crippen LogP contribution in [0.15, 0.2) is 48.8 Å². The van der Waals surface area contributed by atoms with Gasteiger partial charge in [0.15, 0.2) is 5.72 Å². The minimum atomic E-state index is -0.658. The summed E-state index contributed by atoms with van der Waals surface area (Å²) in [4.78, 5) is 34.9. The number of piperazine rings is 1. The Hall–Kier alpha value is -2.93. The molecule has 0 radical (unpaired) electrons. The Morgan fingerprint density at radius 1 is 1.09 bits per heavy atom. The van der Waals surface area contributed by atoms with E-state index in [4.69, 9.17) is 4.74 Å². The SMILES string of the molecule is O=C1NC2(CC3CCC2CC3C(=O)N2CCN(Cc3ccncc3)CC2)Oc2ccccc21. The number of hydrogen-bond acceptors (Lipinski definition) is 5. The average molecular weight is 447 g/mol. The quantitative estimate of drug-likeness (QED) is 0.785. The molecule has 2 bridgehead atoms. The summed E-state index contributed by atoms with van der Waals surface area (Å²) in [7, 11) is 0. The minimum Gasteiger partial charge on any atom is -0.467 e. The van der Waals surface area contributed by atoms with Crippen LogP contribution < -0.4 is 10.1 Å². The number of nitrogens with one attached hydrogen (secondary N) is 1. The summed E-state index contributed by atoms with van der Waals surface area (Å²) < 4.78 is 6.44. The Labute approximate surface area is 194 Å². The minimum absolute atomic E-state index is 0.0406. The third-order valence-corrected chi connectivity index (χ3v) is 8.12. The third kappa shape index (κ3) is 3.68. The number of fused-ring (bicyclic) bond motifs is 3. The van der Waals surface area contributed by atoms with Crippen LogP contribution in [0.3, 0.4) is 0 Å². The van der Waals surface area contributed by atoms with Crippen LogP contribution in [-0.4, -0.2) is 58.5 Å². The summed E-state index contributed by atoms with van der Waals surface area (Å²) in [5, 5.41) is 3.19. The van der Waals surface area contributed by atoms with Crippen LogP contribution in [0.25, 0.3) is 0 Å². The van der Waals surface area contributed by atoms with Gasteiger partial charge in [-0.15, -0.1) is 0 Å². The first-order valence-electron chi connectivity index (χ1n) is 12.1. The second kappa shape index (κ2) is 8.13. The number of ether oxygens (including phenoxy) is 1. The lowest BCUT2D eigenvalue weighted by atomic mass is 9.59. The molecule has 3 aliphatic carbocycles. The molecule has 3 saturated carbocycles. The number of nitrogens with zero attached hydrogens (tertiary/aromatic N) is 3. The second-order valence-electron chi connectivity index (χ2n) is 9.98. The molecule has 4 fully saturated rings. The summed E-state index contributed by atoms with van der Waals surface area (Å²) >= 11 is 0. The lowest BCUT2D eigenvalue weighted by Crippen LogP contribution is -2.67. The summed E-state index contributed by atoms with van der Waals surface area (Å²) in [6, 6.07) is 11.6. The monoisotopic (exact) mass is 446 g/mol. The maximum Gasteiger partial charge on any atom is 0.258 e. The van der Waals surface area contributed by atoms with Gasteiger partial charge in [-0.3, -0.25) is 19.5 Å². The van der Waals surface area contributed by atoms with E-state index in [2.05, 4.69) is 32.2 Å². The highest BCUT2D eigenvalue weighted by Gasteiger charge is 2.57. The summed E-state index contributed by atoms with van der Waals surface area (Å²) in [5.74, 6) is 1.37. The first-order valence-corrected chi connectivity index (χ1v) is 12.1. The molecule has 1 spiro atoms. The predicted octanol–water partition coefficient (Wildman–Crippen LogP) is 2.68. The number of carbonyl (C=O) groups is 2. The largest absolute Gasteiger partial charge is 0.467 e. The van der Waals surface area contributed by atoms with Crippen molar-refractivity contribution in [3.05, 3.63) is 59.9 Å². The van der Waals surface area contributed by atoms with Crippen molar-refractivity contribution < 1.29 is 14.3 Å². The maximum atomic E-state index is 13.5. The van der Waals surface area contributed by atoms with Crippen molar-refractivity contribution in [3.63, 3.8) is 0 Å². The van der Waals surface area contributed by atoms with Crippen LogP contribution in [0.5, 0.6) is 5.75 Å². The normalized spacial score (nSPS) is 31.1. The zero-order valence-corrected chi connectivity index (χ0v) is 18.8. The topological polar surface area (TPSA) is 74.8 Å². The fourth-order valence-corrected chi connectivity index (χ4v) is 6.37. The Bertz CT molecular complexity index is 1050. The summed E-state index contributed by atoms with van der Waals surface area (Å²) in [5.41, 5.74) is 1.20. The van der Waals surface area contributed by atoms with Crippen molar-refractivity contribution in [1.29, 1.82) is 0 Å². The zero-order chi connectivity index (χ0) is 22.4. The van der Waals surface area contributed by atoms with Gasteiger partial charge in [0.25, 0.3) is 5.91 Å². The predicted molar refractivity (Wildman–Crippen MR) is 122 cm³/mol. The molecule has 4 unspecified atom stereocenters. The van der Waals surface area contributed by atoms with E-state index in [0.717, 1.165) is 58.4 Å². The first kappa shape index (κ1) is 20.7. The number of carbonyl (C=O) groups excluding carboxylic acids is 2. The molecule has 4 atom stereocenters. The van der Waals surface area contributed by atoms with Crippen molar-refractivity contribution in [2.75, 3.05) is 26.2 Å². The van der Waals surface area contributed by atoms with E-state index in [0.29, 0.717) is 17.2 Å². The molecule has 2 aromatic rings. The summed E-state index contributed by atoms with van der Waals surface area (Å²) in [6.07, 6.45) is 7.20. The molecule has 33 heavy (non-hydrogen) atoms. The second-order valence-corrected chi connectivity index (χ2v) is 9.98. The Kier molecular flexibility index (Phi) is 5.09. The lowest BCUT2D eigenvalue weighted by molar-refractivity contribution is -0.157. The fraction of sp³-hybridized carbons (Fsp3) is 0.500. The van der Waals surface area contributed by atoms with Gasteiger partial charge in [0.2, 0.25) is 5.91 Å². The van der Waals surface area contributed by atoms with Crippen molar-refractivity contribution in [2.24, 2.45) is 17.8 Å². The Morgan fingerprint density at radius 2 is 1.88 bits per heavy atom. The van der Waals surface area contributed by atoms with Gasteiger partial charge in [-0.1, -0.05) is 12.1 Å². The van der Waals surface area contributed by atoms with Crippen molar-refractivity contribution in [1.82, 2.24) is 20.1 Å². The van der Waals surface area contributed by atoms with E-state index >= 15 is 0 Å². The summed E-state index contributed by atoms with van der Waals surface area (Å²) in [6.45, 7) is 4.26. The smallest absolute Gasteiger partial charge is 0.258 e. The van der Waals surface area contributed by atoms with Crippen LogP contribution in [0.1, 0.15) is 41.6 Å². The average Bonchev–Trinajstić information content (AvgIpc) is 2.85. The number of amides is 2. The van der Waals surface area contributed by atoms with Crippen molar-refractivity contribution >= 4 is 11.8 Å². The van der Waals surface area contributed by atoms with Gasteiger partial charge in [0.05, 0.1) is 5.56 Å². The number of aromatic nitrogens is 1. The molecule has 1 N–H and O–H groups in total. The molecular weight excluding hydrogens is 416 g/mol. The maximum absolute atomic E-state index is 13.5. The van der Waals surface area contributed by atoms with Crippen LogP contribution >= 0.6 is 0 Å². The Balaban J connectivity index is 1.10. The number of benzene rings is 1. The van der Waals surface area contributed by atoms with Crippen molar-refractivity contribution in [3.8, 4) is 5.75 Å². The number of hydrogen-bond donors (Lipinski definition) is 1. The molecule has 1 aromatic carbocycles. The van der Waals surface area contributed by atoms with Crippen LogP contribution in [0.4, 0.5) is 0 Å². The molecule has 1 saturated heterocycles. The van der Waals surface area contributed by atoms with E-state index in [1.54, 1.807) is 6.07 Å². The van der Waals surface area contributed by atoms with Gasteiger partial charge >= 0.3 is 0 Å².